The number of aromatic carboxylic acids is 1. The molecule has 0 unspecified atom stereocenters. The van der Waals surface area contributed by atoms with Crippen molar-refractivity contribution in [1.29, 1.82) is 0 Å². The molecule has 5 nitrogen and oxygen atoms in total. The number of aromatic nitrogens is 3. The van der Waals surface area contributed by atoms with Crippen LogP contribution in [0.5, 0.6) is 0 Å². The van der Waals surface area contributed by atoms with Gasteiger partial charge in [-0.25, -0.2) is 14.8 Å². The van der Waals surface area contributed by atoms with E-state index in [0.29, 0.717) is 11.4 Å². The van der Waals surface area contributed by atoms with E-state index in [1.54, 1.807) is 36.1 Å². The monoisotopic (exact) mass is 203 g/mol. The summed E-state index contributed by atoms with van der Waals surface area (Å²) in [5.41, 5.74) is 0.886. The highest BCUT2D eigenvalue weighted by atomic mass is 16.4. The van der Waals surface area contributed by atoms with E-state index in [0.717, 1.165) is 0 Å². The first-order valence-electron chi connectivity index (χ1n) is 4.37. The molecule has 76 valence electrons. The molecule has 0 aliphatic carbocycles. The molecule has 0 saturated heterocycles. The normalized spacial score (nSPS) is 10.2. The van der Waals surface area contributed by atoms with Gasteiger partial charge >= 0.3 is 5.97 Å². The first-order chi connectivity index (χ1) is 7.20. The lowest BCUT2D eigenvalue weighted by atomic mass is 10.1. The minimum absolute atomic E-state index is 0.204. The summed E-state index contributed by atoms with van der Waals surface area (Å²) in [6.07, 6.45) is 6.34. The molecule has 2 heterocycles. The molecule has 0 bridgehead atoms. The minimum atomic E-state index is -0.982. The third kappa shape index (κ3) is 1.59. The molecule has 2 aromatic rings. The fourth-order valence-electron chi connectivity index (χ4n) is 1.39. The molecule has 0 amide bonds. The minimum Gasteiger partial charge on any atom is -0.478 e. The Morgan fingerprint density at radius 1 is 1.47 bits per heavy atom. The van der Waals surface area contributed by atoms with Crippen molar-refractivity contribution in [2.45, 2.75) is 6.92 Å². The SMILES string of the molecule is Cc1ccnc(-n2ccnc2)c1C(=O)O. The summed E-state index contributed by atoms with van der Waals surface area (Å²) in [6.45, 7) is 1.74. The van der Waals surface area contributed by atoms with Crippen molar-refractivity contribution in [2.24, 2.45) is 0 Å². The number of rotatable bonds is 2. The van der Waals surface area contributed by atoms with Crippen molar-refractivity contribution in [3.05, 3.63) is 42.1 Å². The lowest BCUT2D eigenvalue weighted by Crippen LogP contribution is -2.08. The number of hydrogen-bond acceptors (Lipinski definition) is 3. The maximum atomic E-state index is 11.1. The van der Waals surface area contributed by atoms with E-state index in [1.807, 2.05) is 0 Å². The zero-order valence-electron chi connectivity index (χ0n) is 8.08. The molecule has 0 aliphatic heterocycles. The van der Waals surface area contributed by atoms with Crippen LogP contribution in [0.3, 0.4) is 0 Å². The summed E-state index contributed by atoms with van der Waals surface area (Å²) in [6, 6.07) is 1.67. The van der Waals surface area contributed by atoms with E-state index in [-0.39, 0.29) is 5.56 Å². The Kier molecular flexibility index (Phi) is 2.21. The fraction of sp³-hybridized carbons (Fsp3) is 0.100. The Labute approximate surface area is 86.0 Å². The van der Waals surface area contributed by atoms with Gasteiger partial charge in [0.1, 0.15) is 11.9 Å². The lowest BCUT2D eigenvalue weighted by Gasteiger charge is -2.07. The van der Waals surface area contributed by atoms with Gasteiger partial charge in [-0.1, -0.05) is 0 Å². The van der Waals surface area contributed by atoms with Crippen molar-refractivity contribution >= 4 is 5.97 Å². The Morgan fingerprint density at radius 2 is 2.27 bits per heavy atom. The lowest BCUT2D eigenvalue weighted by molar-refractivity contribution is 0.0695. The quantitative estimate of drug-likeness (QED) is 0.798. The smallest absolute Gasteiger partial charge is 0.339 e. The van der Waals surface area contributed by atoms with Gasteiger partial charge in [0, 0.05) is 18.6 Å². The van der Waals surface area contributed by atoms with Gasteiger partial charge in [0.25, 0.3) is 0 Å². The van der Waals surface area contributed by atoms with Gasteiger partial charge in [0.05, 0.1) is 0 Å². The number of aryl methyl sites for hydroxylation is 1. The summed E-state index contributed by atoms with van der Waals surface area (Å²) in [5.74, 6) is -0.593. The Hall–Kier alpha value is -2.17. The molecule has 0 aromatic carbocycles. The first kappa shape index (κ1) is 9.39. The summed E-state index contributed by atoms with van der Waals surface area (Å²) < 4.78 is 1.58. The summed E-state index contributed by atoms with van der Waals surface area (Å²) in [7, 11) is 0. The number of nitrogens with zero attached hydrogens (tertiary/aromatic N) is 3. The van der Waals surface area contributed by atoms with Crippen LogP contribution in [0.25, 0.3) is 5.82 Å². The van der Waals surface area contributed by atoms with Crippen LogP contribution >= 0.6 is 0 Å². The molecule has 0 radical (unpaired) electrons. The molecule has 0 saturated carbocycles. The van der Waals surface area contributed by atoms with E-state index in [2.05, 4.69) is 9.97 Å². The van der Waals surface area contributed by atoms with E-state index in [9.17, 15) is 4.79 Å². The number of carbonyl (C=O) groups is 1. The van der Waals surface area contributed by atoms with E-state index in [1.165, 1.54) is 6.33 Å². The molecule has 0 atom stereocenters. The predicted molar refractivity (Wildman–Crippen MR) is 53.1 cm³/mol. The highest BCUT2D eigenvalue weighted by Crippen LogP contribution is 2.15. The van der Waals surface area contributed by atoms with Crippen molar-refractivity contribution in [3.63, 3.8) is 0 Å². The zero-order chi connectivity index (χ0) is 10.8. The van der Waals surface area contributed by atoms with Gasteiger partial charge in [0.15, 0.2) is 5.82 Å². The zero-order valence-corrected chi connectivity index (χ0v) is 8.08. The van der Waals surface area contributed by atoms with Gasteiger partial charge in [0.2, 0.25) is 0 Å². The largest absolute Gasteiger partial charge is 0.478 e. The van der Waals surface area contributed by atoms with Crippen molar-refractivity contribution in [1.82, 2.24) is 14.5 Å². The number of carboxylic acid groups (broad SMARTS) is 1. The van der Waals surface area contributed by atoms with Crippen LogP contribution in [0.1, 0.15) is 15.9 Å². The molecular formula is C10H9N3O2. The molecule has 2 aromatic heterocycles. The van der Waals surface area contributed by atoms with Crippen molar-refractivity contribution in [3.8, 4) is 5.82 Å². The van der Waals surface area contributed by atoms with Crippen LogP contribution in [0.4, 0.5) is 0 Å². The van der Waals surface area contributed by atoms with Crippen LogP contribution < -0.4 is 0 Å². The number of pyridine rings is 1. The molecule has 0 aliphatic rings. The molecule has 15 heavy (non-hydrogen) atoms. The molecule has 5 heteroatoms. The predicted octanol–water partition coefficient (Wildman–Crippen LogP) is 1.27. The van der Waals surface area contributed by atoms with Crippen LogP contribution in [0.15, 0.2) is 31.0 Å². The Morgan fingerprint density at radius 3 is 2.87 bits per heavy atom. The van der Waals surface area contributed by atoms with Gasteiger partial charge in [-0.15, -0.1) is 0 Å². The van der Waals surface area contributed by atoms with Crippen LogP contribution in [0.2, 0.25) is 0 Å². The third-order valence-corrected chi connectivity index (χ3v) is 2.10. The number of imidazole rings is 1. The van der Waals surface area contributed by atoms with E-state index in [4.69, 9.17) is 5.11 Å². The van der Waals surface area contributed by atoms with E-state index >= 15 is 0 Å². The molecule has 1 N–H and O–H groups in total. The maximum absolute atomic E-state index is 11.1. The second-order valence-electron chi connectivity index (χ2n) is 3.10. The second kappa shape index (κ2) is 3.53. The van der Waals surface area contributed by atoms with Crippen LogP contribution in [-0.2, 0) is 0 Å². The molecule has 0 fully saturated rings. The Bertz CT molecular complexity index is 491. The molecule has 0 spiro atoms. The second-order valence-corrected chi connectivity index (χ2v) is 3.10. The van der Waals surface area contributed by atoms with Gasteiger partial charge < -0.3 is 5.11 Å². The topological polar surface area (TPSA) is 68.0 Å². The average Bonchev–Trinajstić information content (AvgIpc) is 2.69. The summed E-state index contributed by atoms with van der Waals surface area (Å²) in [4.78, 5) is 19.0. The molecule has 2 rings (SSSR count). The van der Waals surface area contributed by atoms with Gasteiger partial charge in [-0.2, -0.15) is 0 Å². The standard InChI is InChI=1S/C10H9N3O2/c1-7-2-3-12-9(8(7)10(14)15)13-5-4-11-6-13/h2-6H,1H3,(H,14,15). The highest BCUT2D eigenvalue weighted by Gasteiger charge is 2.15. The highest BCUT2D eigenvalue weighted by molar-refractivity contribution is 5.92. The maximum Gasteiger partial charge on any atom is 0.339 e. The summed E-state index contributed by atoms with van der Waals surface area (Å²) in [5, 5.41) is 9.07. The molecular weight excluding hydrogens is 194 g/mol. The van der Waals surface area contributed by atoms with Gasteiger partial charge in [-0.05, 0) is 18.6 Å². The number of carboxylic acids is 1. The number of hydrogen-bond donors (Lipinski definition) is 1. The van der Waals surface area contributed by atoms with E-state index < -0.39 is 5.97 Å². The summed E-state index contributed by atoms with van der Waals surface area (Å²) >= 11 is 0. The van der Waals surface area contributed by atoms with Crippen molar-refractivity contribution in [2.75, 3.05) is 0 Å². The Balaban J connectivity index is 2.66. The first-order valence-corrected chi connectivity index (χ1v) is 4.37. The fourth-order valence-corrected chi connectivity index (χ4v) is 1.39. The van der Waals surface area contributed by atoms with Crippen molar-refractivity contribution < 1.29 is 9.90 Å². The van der Waals surface area contributed by atoms with Crippen LogP contribution in [-0.4, -0.2) is 25.6 Å². The average molecular weight is 203 g/mol. The van der Waals surface area contributed by atoms with Gasteiger partial charge in [-0.3, -0.25) is 4.57 Å². The third-order valence-electron chi connectivity index (χ3n) is 2.10. The van der Waals surface area contributed by atoms with Crippen LogP contribution in [0, 0.1) is 6.92 Å².